The molecule has 126 valence electrons. The number of nitro benzene ring substituents is 1. The first-order valence-electron chi connectivity index (χ1n) is 7.60. The van der Waals surface area contributed by atoms with Gasteiger partial charge in [-0.15, -0.1) is 0 Å². The summed E-state index contributed by atoms with van der Waals surface area (Å²) in [6, 6.07) is 13.7. The van der Waals surface area contributed by atoms with E-state index in [0.717, 1.165) is 11.0 Å². The van der Waals surface area contributed by atoms with Crippen molar-refractivity contribution < 1.29 is 9.72 Å². The van der Waals surface area contributed by atoms with Gasteiger partial charge in [-0.05, 0) is 12.1 Å². The quantitative estimate of drug-likeness (QED) is 0.424. The minimum absolute atomic E-state index is 0.0257. The van der Waals surface area contributed by atoms with Gasteiger partial charge in [-0.1, -0.05) is 24.3 Å². The minimum atomic E-state index is -0.481. The summed E-state index contributed by atoms with van der Waals surface area (Å²) < 4.78 is 1.90. The number of fused-ring (bicyclic) bond motifs is 1. The summed E-state index contributed by atoms with van der Waals surface area (Å²) in [6.07, 6.45) is 3.31. The smallest absolute Gasteiger partial charge is 0.270 e. The van der Waals surface area contributed by atoms with Gasteiger partial charge in [0.05, 0.1) is 28.5 Å². The van der Waals surface area contributed by atoms with Crippen LogP contribution in [0.25, 0.3) is 11.0 Å². The molecule has 8 nitrogen and oxygen atoms in total. The molecule has 1 heterocycles. The van der Waals surface area contributed by atoms with E-state index >= 15 is 0 Å². The van der Waals surface area contributed by atoms with Crippen LogP contribution in [0.4, 0.5) is 5.69 Å². The molecular formula is C17H15N5O3. The average Bonchev–Trinajstić information content (AvgIpc) is 3.03. The van der Waals surface area contributed by atoms with Gasteiger partial charge in [0.1, 0.15) is 0 Å². The number of carbonyl (C=O) groups excluding carboxylic acids is 1. The van der Waals surface area contributed by atoms with Crippen molar-refractivity contribution in [1.82, 2.24) is 15.0 Å². The third-order valence-corrected chi connectivity index (χ3v) is 3.59. The van der Waals surface area contributed by atoms with E-state index in [9.17, 15) is 14.9 Å². The molecule has 3 aromatic rings. The van der Waals surface area contributed by atoms with Crippen LogP contribution in [0.15, 0.2) is 60.0 Å². The number of carbonyl (C=O) groups is 1. The Bertz CT molecular complexity index is 948. The fraction of sp³-hybridized carbons (Fsp3) is 0.118. The van der Waals surface area contributed by atoms with Crippen LogP contribution in [0.1, 0.15) is 12.0 Å². The number of hydrogen-bond acceptors (Lipinski definition) is 5. The van der Waals surface area contributed by atoms with E-state index in [2.05, 4.69) is 15.5 Å². The first-order valence-corrected chi connectivity index (χ1v) is 7.60. The van der Waals surface area contributed by atoms with Gasteiger partial charge in [0.2, 0.25) is 5.91 Å². The Balaban J connectivity index is 1.54. The zero-order chi connectivity index (χ0) is 17.6. The topological polar surface area (TPSA) is 102 Å². The fourth-order valence-electron chi connectivity index (χ4n) is 2.36. The van der Waals surface area contributed by atoms with Crippen LogP contribution in [-0.4, -0.2) is 26.6 Å². The van der Waals surface area contributed by atoms with Crippen LogP contribution in [0.3, 0.4) is 0 Å². The number of rotatable bonds is 6. The van der Waals surface area contributed by atoms with E-state index in [1.807, 2.05) is 28.8 Å². The molecule has 0 saturated heterocycles. The molecule has 0 fully saturated rings. The number of imidazole rings is 1. The van der Waals surface area contributed by atoms with Crippen molar-refractivity contribution in [3.8, 4) is 0 Å². The summed E-state index contributed by atoms with van der Waals surface area (Å²) >= 11 is 0. The third-order valence-electron chi connectivity index (χ3n) is 3.59. The second-order valence-electron chi connectivity index (χ2n) is 5.32. The normalized spacial score (nSPS) is 11.0. The predicted octanol–water partition coefficient (Wildman–Crippen LogP) is 2.48. The molecule has 0 bridgehead atoms. The van der Waals surface area contributed by atoms with Crippen molar-refractivity contribution in [2.45, 2.75) is 13.0 Å². The molecule has 0 radical (unpaired) electrons. The summed E-state index contributed by atoms with van der Waals surface area (Å²) in [6.45, 7) is 0.485. The molecule has 0 spiro atoms. The number of nitro groups is 1. The molecule has 0 aliphatic rings. The molecule has 1 N–H and O–H groups in total. The molecule has 8 heteroatoms. The summed E-state index contributed by atoms with van der Waals surface area (Å²) in [5.41, 5.74) is 4.78. The number of nitrogens with zero attached hydrogens (tertiary/aromatic N) is 4. The Hall–Kier alpha value is -3.55. The number of nitrogens with one attached hydrogen (secondary N) is 1. The standard InChI is InChI=1S/C17H15N5O3/c23-17(8-9-21-12-18-15-6-1-2-7-16(15)21)20-19-11-13-4-3-5-14(10-13)22(24)25/h1-7,10-12H,8-9H2,(H,20,23). The van der Waals surface area contributed by atoms with Crippen LogP contribution in [0.2, 0.25) is 0 Å². The maximum atomic E-state index is 11.9. The molecule has 3 rings (SSSR count). The summed E-state index contributed by atoms with van der Waals surface area (Å²) in [7, 11) is 0. The summed E-state index contributed by atoms with van der Waals surface area (Å²) in [5.74, 6) is -0.250. The monoisotopic (exact) mass is 337 g/mol. The van der Waals surface area contributed by atoms with Crippen LogP contribution in [0.5, 0.6) is 0 Å². The van der Waals surface area contributed by atoms with E-state index in [0.29, 0.717) is 12.1 Å². The number of amides is 1. The van der Waals surface area contributed by atoms with Crippen LogP contribution in [0, 0.1) is 10.1 Å². The van der Waals surface area contributed by atoms with E-state index in [-0.39, 0.29) is 18.0 Å². The second kappa shape index (κ2) is 7.35. The Labute approximate surface area is 142 Å². The zero-order valence-electron chi connectivity index (χ0n) is 13.2. The maximum Gasteiger partial charge on any atom is 0.270 e. The first-order chi connectivity index (χ1) is 12.1. The van der Waals surface area contributed by atoms with Crippen molar-refractivity contribution in [2.24, 2.45) is 5.10 Å². The molecular weight excluding hydrogens is 322 g/mol. The Morgan fingerprint density at radius 3 is 2.96 bits per heavy atom. The molecule has 0 aliphatic carbocycles. The molecule has 2 aromatic carbocycles. The lowest BCUT2D eigenvalue weighted by molar-refractivity contribution is -0.384. The van der Waals surface area contributed by atoms with Gasteiger partial charge in [0, 0.05) is 30.7 Å². The predicted molar refractivity (Wildman–Crippen MR) is 93.2 cm³/mol. The van der Waals surface area contributed by atoms with Crippen molar-refractivity contribution >= 4 is 28.8 Å². The largest absolute Gasteiger partial charge is 0.330 e. The second-order valence-corrected chi connectivity index (χ2v) is 5.32. The lowest BCUT2D eigenvalue weighted by atomic mass is 10.2. The van der Waals surface area contributed by atoms with E-state index in [4.69, 9.17) is 0 Å². The van der Waals surface area contributed by atoms with Gasteiger partial charge in [-0.3, -0.25) is 14.9 Å². The van der Waals surface area contributed by atoms with Crippen molar-refractivity contribution in [3.05, 3.63) is 70.5 Å². The van der Waals surface area contributed by atoms with Crippen LogP contribution >= 0.6 is 0 Å². The number of non-ortho nitro benzene ring substituents is 1. The zero-order valence-corrected chi connectivity index (χ0v) is 13.2. The van der Waals surface area contributed by atoms with Crippen molar-refractivity contribution in [1.29, 1.82) is 0 Å². The molecule has 25 heavy (non-hydrogen) atoms. The average molecular weight is 337 g/mol. The lowest BCUT2D eigenvalue weighted by Crippen LogP contribution is -2.19. The molecule has 0 atom stereocenters. The molecule has 0 unspecified atom stereocenters. The number of aryl methyl sites for hydroxylation is 1. The summed E-state index contributed by atoms with van der Waals surface area (Å²) in [5, 5.41) is 14.5. The molecule has 1 amide bonds. The van der Waals surface area contributed by atoms with Gasteiger partial charge in [-0.25, -0.2) is 10.4 Å². The lowest BCUT2D eigenvalue weighted by Gasteiger charge is -2.03. The van der Waals surface area contributed by atoms with Gasteiger partial charge < -0.3 is 4.57 Å². The maximum absolute atomic E-state index is 11.9. The van der Waals surface area contributed by atoms with E-state index in [1.54, 1.807) is 18.5 Å². The number of benzene rings is 2. The van der Waals surface area contributed by atoms with E-state index in [1.165, 1.54) is 18.3 Å². The number of hydrogen-bond donors (Lipinski definition) is 1. The van der Waals surface area contributed by atoms with E-state index < -0.39 is 4.92 Å². The molecule has 0 saturated carbocycles. The van der Waals surface area contributed by atoms with Crippen LogP contribution < -0.4 is 5.43 Å². The van der Waals surface area contributed by atoms with Gasteiger partial charge in [0.15, 0.2) is 0 Å². The SMILES string of the molecule is O=C(CCn1cnc2ccccc21)NN=Cc1cccc([N+](=O)[O-])c1. The number of para-hydroxylation sites is 2. The molecule has 1 aromatic heterocycles. The van der Waals surface area contributed by atoms with Gasteiger partial charge >= 0.3 is 0 Å². The fourth-order valence-corrected chi connectivity index (χ4v) is 2.36. The number of hydrazone groups is 1. The van der Waals surface area contributed by atoms with Gasteiger partial charge in [0.25, 0.3) is 5.69 Å². The van der Waals surface area contributed by atoms with Crippen molar-refractivity contribution in [3.63, 3.8) is 0 Å². The Morgan fingerprint density at radius 2 is 2.12 bits per heavy atom. The highest BCUT2D eigenvalue weighted by Gasteiger charge is 2.06. The van der Waals surface area contributed by atoms with Crippen molar-refractivity contribution in [2.75, 3.05) is 0 Å². The highest BCUT2D eigenvalue weighted by Crippen LogP contribution is 2.12. The highest BCUT2D eigenvalue weighted by atomic mass is 16.6. The Morgan fingerprint density at radius 1 is 1.28 bits per heavy atom. The Kier molecular flexibility index (Phi) is 4.79. The first kappa shape index (κ1) is 16.3. The van der Waals surface area contributed by atoms with Crippen LogP contribution in [-0.2, 0) is 11.3 Å². The molecule has 0 aliphatic heterocycles. The third kappa shape index (κ3) is 4.05. The minimum Gasteiger partial charge on any atom is -0.330 e. The summed E-state index contributed by atoms with van der Waals surface area (Å²) in [4.78, 5) is 26.4. The highest BCUT2D eigenvalue weighted by molar-refractivity contribution is 5.83. The van der Waals surface area contributed by atoms with Gasteiger partial charge in [-0.2, -0.15) is 5.10 Å². The number of aromatic nitrogens is 2.